The Hall–Kier alpha value is -1.28. The van der Waals surface area contributed by atoms with E-state index in [1.165, 1.54) is 77.0 Å². The smallest absolute Gasteiger partial charge is 0.391 e. The van der Waals surface area contributed by atoms with Crippen molar-refractivity contribution in [2.24, 2.45) is 5.73 Å². The maximum absolute atomic E-state index is 12.7. The van der Waals surface area contributed by atoms with Crippen LogP contribution in [-0.4, -0.2) is 47.8 Å². The van der Waals surface area contributed by atoms with Gasteiger partial charge in [0.15, 0.2) is 0 Å². The van der Waals surface area contributed by atoms with Crippen molar-refractivity contribution < 1.29 is 28.4 Å². The van der Waals surface area contributed by atoms with Crippen LogP contribution in [0.1, 0.15) is 168 Å². The molecule has 47 heavy (non-hydrogen) atoms. The standard InChI is InChI=1S/C38H73N2O6P/c1-3-5-7-9-11-13-15-16-17-18-19-20-22-24-26-28-30-32-38(42)40-36(35-46-47(43,44)45-34-33-39)37(41)31-29-27-25-23-21-14-12-10-8-6-4-2/h5,7,11,13,16-17,36-37,41H,3-4,6,8-10,12,14-15,18-35,39H2,1-2H3,(H,40,42)(H,43,44)/b7-5-,13-11-,17-16-. The highest BCUT2D eigenvalue weighted by Crippen LogP contribution is 2.43. The van der Waals surface area contributed by atoms with Crippen LogP contribution in [0, 0.1) is 0 Å². The van der Waals surface area contributed by atoms with Gasteiger partial charge in [0, 0.05) is 13.0 Å². The van der Waals surface area contributed by atoms with Crippen molar-refractivity contribution in [2.75, 3.05) is 19.8 Å². The SMILES string of the molecule is CC/C=C\C/C=C\C/C=C\CCCCCCCCCC(=O)NC(COP(=O)(O)OCCN)C(O)CCCCCCCCCCCCC. The Bertz CT molecular complexity index is 835. The Labute approximate surface area is 289 Å². The first kappa shape index (κ1) is 45.7. The van der Waals surface area contributed by atoms with Crippen molar-refractivity contribution in [3.05, 3.63) is 36.5 Å². The number of nitrogens with two attached hydrogens (primary N) is 1. The number of hydrogen-bond donors (Lipinski definition) is 4. The topological polar surface area (TPSA) is 131 Å². The number of carbonyl (C=O) groups excluding carboxylic acids is 1. The van der Waals surface area contributed by atoms with Gasteiger partial charge < -0.3 is 21.1 Å². The molecule has 0 bridgehead atoms. The van der Waals surface area contributed by atoms with Crippen molar-refractivity contribution in [3.63, 3.8) is 0 Å². The predicted molar refractivity (Wildman–Crippen MR) is 198 cm³/mol. The molecular weight excluding hydrogens is 611 g/mol. The van der Waals surface area contributed by atoms with Crippen LogP contribution in [-0.2, 0) is 18.4 Å². The molecule has 0 aromatic heterocycles. The van der Waals surface area contributed by atoms with Gasteiger partial charge in [0.2, 0.25) is 5.91 Å². The second-order valence-corrected chi connectivity index (χ2v) is 14.2. The molecule has 0 fully saturated rings. The number of rotatable bonds is 35. The molecule has 0 aliphatic rings. The van der Waals surface area contributed by atoms with Gasteiger partial charge in [-0.2, -0.15) is 0 Å². The zero-order chi connectivity index (χ0) is 34.7. The van der Waals surface area contributed by atoms with E-state index in [9.17, 15) is 19.4 Å². The van der Waals surface area contributed by atoms with E-state index in [-0.39, 0.29) is 25.7 Å². The van der Waals surface area contributed by atoms with Crippen LogP contribution in [0.2, 0.25) is 0 Å². The van der Waals surface area contributed by atoms with Crippen molar-refractivity contribution >= 4 is 13.7 Å². The highest BCUT2D eigenvalue weighted by molar-refractivity contribution is 7.47. The van der Waals surface area contributed by atoms with Crippen molar-refractivity contribution in [2.45, 2.75) is 180 Å². The quantitative estimate of drug-likeness (QED) is 0.0297. The summed E-state index contributed by atoms with van der Waals surface area (Å²) in [5, 5.41) is 13.7. The Kier molecular flexibility index (Phi) is 33.6. The molecule has 0 spiro atoms. The average molecular weight is 685 g/mol. The number of hydrogen-bond acceptors (Lipinski definition) is 6. The highest BCUT2D eigenvalue weighted by Gasteiger charge is 2.27. The van der Waals surface area contributed by atoms with Gasteiger partial charge in [-0.1, -0.05) is 153 Å². The van der Waals surface area contributed by atoms with Crippen molar-refractivity contribution in [3.8, 4) is 0 Å². The minimum absolute atomic E-state index is 0.0860. The fraction of sp³-hybridized carbons (Fsp3) is 0.816. The van der Waals surface area contributed by atoms with Gasteiger partial charge in [-0.25, -0.2) is 4.57 Å². The summed E-state index contributed by atoms with van der Waals surface area (Å²) in [6, 6.07) is -0.777. The molecule has 3 atom stereocenters. The molecule has 9 heteroatoms. The number of allylic oxidation sites excluding steroid dienone is 6. The van der Waals surface area contributed by atoms with Crippen LogP contribution in [0.15, 0.2) is 36.5 Å². The van der Waals surface area contributed by atoms with Gasteiger partial charge in [-0.3, -0.25) is 13.8 Å². The average Bonchev–Trinajstić information content (AvgIpc) is 3.05. The second kappa shape index (κ2) is 34.6. The number of unbranched alkanes of at least 4 members (excludes halogenated alkanes) is 17. The Morgan fingerprint density at radius 1 is 0.723 bits per heavy atom. The first-order valence-corrected chi connectivity index (χ1v) is 20.6. The fourth-order valence-electron chi connectivity index (χ4n) is 5.38. The zero-order valence-corrected chi connectivity index (χ0v) is 31.2. The lowest BCUT2D eigenvalue weighted by molar-refractivity contribution is -0.123. The van der Waals surface area contributed by atoms with Crippen molar-refractivity contribution in [1.29, 1.82) is 0 Å². The summed E-state index contributed by atoms with van der Waals surface area (Å²) in [5.74, 6) is -0.175. The molecule has 276 valence electrons. The largest absolute Gasteiger partial charge is 0.472 e. The summed E-state index contributed by atoms with van der Waals surface area (Å²) in [5.41, 5.74) is 5.36. The molecule has 0 rings (SSSR count). The monoisotopic (exact) mass is 685 g/mol. The third-order valence-electron chi connectivity index (χ3n) is 8.26. The Morgan fingerprint density at radius 2 is 1.23 bits per heavy atom. The Morgan fingerprint density at radius 3 is 1.81 bits per heavy atom. The number of aliphatic hydroxyl groups excluding tert-OH is 1. The van der Waals surface area contributed by atoms with E-state index in [2.05, 4.69) is 55.6 Å². The van der Waals surface area contributed by atoms with Crippen LogP contribution >= 0.6 is 7.82 Å². The third-order valence-corrected chi connectivity index (χ3v) is 9.24. The Balaban J connectivity index is 4.23. The van der Waals surface area contributed by atoms with Gasteiger partial charge in [0.25, 0.3) is 0 Å². The maximum Gasteiger partial charge on any atom is 0.472 e. The minimum Gasteiger partial charge on any atom is -0.391 e. The predicted octanol–water partition coefficient (Wildman–Crippen LogP) is 10.00. The first-order valence-electron chi connectivity index (χ1n) is 19.1. The van der Waals surface area contributed by atoms with E-state index >= 15 is 0 Å². The summed E-state index contributed by atoms with van der Waals surface area (Å²) in [4.78, 5) is 22.6. The summed E-state index contributed by atoms with van der Waals surface area (Å²) < 4.78 is 22.1. The molecule has 0 aliphatic heterocycles. The van der Waals surface area contributed by atoms with Gasteiger partial charge in [0.1, 0.15) is 0 Å². The van der Waals surface area contributed by atoms with E-state index in [4.69, 9.17) is 14.8 Å². The molecule has 0 radical (unpaired) electrons. The lowest BCUT2D eigenvalue weighted by Gasteiger charge is -2.25. The van der Waals surface area contributed by atoms with Crippen LogP contribution in [0.4, 0.5) is 0 Å². The summed E-state index contributed by atoms with van der Waals surface area (Å²) in [6.45, 7) is 4.06. The first-order chi connectivity index (χ1) is 22.9. The van der Waals surface area contributed by atoms with E-state index in [0.717, 1.165) is 64.2 Å². The maximum atomic E-state index is 12.7. The molecular formula is C38H73N2O6P. The lowest BCUT2D eigenvalue weighted by Crippen LogP contribution is -2.46. The fourth-order valence-corrected chi connectivity index (χ4v) is 6.14. The molecule has 0 saturated heterocycles. The molecule has 8 nitrogen and oxygen atoms in total. The molecule has 0 aromatic rings. The third kappa shape index (κ3) is 33.0. The summed E-state index contributed by atoms with van der Waals surface area (Å²) in [6.07, 6.45) is 38.6. The molecule has 0 heterocycles. The zero-order valence-electron chi connectivity index (χ0n) is 30.3. The lowest BCUT2D eigenvalue weighted by atomic mass is 10.0. The summed E-state index contributed by atoms with van der Waals surface area (Å²) >= 11 is 0. The molecule has 3 unspecified atom stereocenters. The highest BCUT2D eigenvalue weighted by atomic mass is 31.2. The van der Waals surface area contributed by atoms with Crippen LogP contribution in [0.25, 0.3) is 0 Å². The van der Waals surface area contributed by atoms with E-state index in [1.54, 1.807) is 0 Å². The van der Waals surface area contributed by atoms with Gasteiger partial charge in [0.05, 0.1) is 25.4 Å². The van der Waals surface area contributed by atoms with E-state index < -0.39 is 20.0 Å². The molecule has 0 saturated carbocycles. The van der Waals surface area contributed by atoms with Gasteiger partial charge >= 0.3 is 7.82 Å². The van der Waals surface area contributed by atoms with E-state index in [1.807, 2.05) is 0 Å². The minimum atomic E-state index is -4.31. The molecule has 0 aliphatic carbocycles. The van der Waals surface area contributed by atoms with E-state index in [0.29, 0.717) is 12.8 Å². The normalized spacial score (nSPS) is 14.7. The van der Waals surface area contributed by atoms with Crippen LogP contribution in [0.3, 0.4) is 0 Å². The number of carbonyl (C=O) groups is 1. The van der Waals surface area contributed by atoms with Gasteiger partial charge in [-0.15, -0.1) is 0 Å². The number of phosphoric ester groups is 1. The van der Waals surface area contributed by atoms with Crippen LogP contribution in [0.5, 0.6) is 0 Å². The summed E-state index contributed by atoms with van der Waals surface area (Å²) in [7, 11) is -4.31. The van der Waals surface area contributed by atoms with Gasteiger partial charge in [-0.05, 0) is 44.9 Å². The molecule has 1 amide bonds. The van der Waals surface area contributed by atoms with Crippen molar-refractivity contribution in [1.82, 2.24) is 5.32 Å². The van der Waals surface area contributed by atoms with Crippen LogP contribution < -0.4 is 11.1 Å². The second-order valence-electron chi connectivity index (χ2n) is 12.8. The number of amides is 1. The number of nitrogens with one attached hydrogen (secondary N) is 1. The number of aliphatic hydroxyl groups is 1. The molecule has 5 N–H and O–H groups in total. The molecule has 0 aromatic carbocycles. The number of phosphoric acid groups is 1.